The van der Waals surface area contributed by atoms with E-state index in [1.807, 2.05) is 0 Å². The molecule has 2 aliphatic heterocycles. The average molecular weight is 493 g/mol. The predicted molar refractivity (Wildman–Crippen MR) is 126 cm³/mol. The minimum atomic E-state index is -0.399. The lowest BCUT2D eigenvalue weighted by Crippen LogP contribution is -2.37. The number of fused-ring (bicyclic) bond motifs is 2. The van der Waals surface area contributed by atoms with Crippen LogP contribution in [0.2, 0.25) is 0 Å². The van der Waals surface area contributed by atoms with Crippen LogP contribution in [0.15, 0.2) is 33.7 Å². The van der Waals surface area contributed by atoms with Crippen molar-refractivity contribution in [2.24, 2.45) is 0 Å². The van der Waals surface area contributed by atoms with E-state index in [0.29, 0.717) is 44.7 Å². The molecule has 3 aliphatic rings. The van der Waals surface area contributed by atoms with Crippen LogP contribution in [-0.4, -0.2) is 52.0 Å². The van der Waals surface area contributed by atoms with E-state index >= 15 is 0 Å². The summed E-state index contributed by atoms with van der Waals surface area (Å²) in [4.78, 5) is 44.2. The number of carbonyl (C=O) groups excluding carboxylic acids is 3. The monoisotopic (exact) mass is 492 g/mol. The van der Waals surface area contributed by atoms with Crippen molar-refractivity contribution in [2.75, 3.05) is 19.9 Å². The zero-order chi connectivity index (χ0) is 24.1. The van der Waals surface area contributed by atoms with Crippen LogP contribution in [0, 0.1) is 6.92 Å². The first-order valence-electron chi connectivity index (χ1n) is 11.2. The number of pyridine rings is 1. The highest BCUT2D eigenvalue weighted by Crippen LogP contribution is 2.40. The zero-order valence-corrected chi connectivity index (χ0v) is 19.5. The third-order valence-corrected chi connectivity index (χ3v) is 6.97. The predicted octanol–water partition coefficient (Wildman–Crippen LogP) is 3.60. The van der Waals surface area contributed by atoms with Gasteiger partial charge < -0.3 is 19.3 Å². The second-order valence-corrected chi connectivity index (χ2v) is 9.51. The van der Waals surface area contributed by atoms with Gasteiger partial charge in [-0.25, -0.2) is 4.98 Å². The van der Waals surface area contributed by atoms with Gasteiger partial charge in [-0.2, -0.15) is 0 Å². The first-order chi connectivity index (χ1) is 17.0. The molecule has 1 aromatic carbocycles. The van der Waals surface area contributed by atoms with Crippen LogP contribution in [0.3, 0.4) is 0 Å². The maximum absolute atomic E-state index is 13.0. The molecule has 6 rings (SSSR count). The molecule has 3 amide bonds. The van der Waals surface area contributed by atoms with Crippen LogP contribution in [0.5, 0.6) is 11.5 Å². The molecule has 0 spiro atoms. The third kappa shape index (κ3) is 4.01. The fourth-order valence-corrected chi connectivity index (χ4v) is 4.97. The van der Waals surface area contributed by atoms with Crippen LogP contribution in [0.4, 0.5) is 4.79 Å². The van der Waals surface area contributed by atoms with Gasteiger partial charge in [-0.3, -0.25) is 19.3 Å². The van der Waals surface area contributed by atoms with Gasteiger partial charge in [0.2, 0.25) is 6.79 Å². The van der Waals surface area contributed by atoms with Crippen molar-refractivity contribution in [3.63, 3.8) is 0 Å². The lowest BCUT2D eigenvalue weighted by molar-refractivity contribution is -0.122. The molecular weight excluding hydrogens is 472 g/mol. The summed E-state index contributed by atoms with van der Waals surface area (Å²) in [5.74, 6) is 0.850. The molecule has 3 aromatic rings. The van der Waals surface area contributed by atoms with E-state index in [4.69, 9.17) is 14.0 Å². The van der Waals surface area contributed by atoms with Crippen molar-refractivity contribution < 1.29 is 28.4 Å². The lowest BCUT2D eigenvalue weighted by atomic mass is 10.1. The Kier molecular flexibility index (Phi) is 5.21. The molecule has 1 N–H and O–H groups in total. The van der Waals surface area contributed by atoms with Gasteiger partial charge in [-0.15, -0.1) is 0 Å². The zero-order valence-electron chi connectivity index (χ0n) is 18.7. The Morgan fingerprint density at radius 2 is 2.06 bits per heavy atom. The highest BCUT2D eigenvalue weighted by Gasteiger charge is 2.35. The number of thioether (sulfide) groups is 1. The fraction of sp³-hybridized carbons (Fsp3) is 0.292. The van der Waals surface area contributed by atoms with Crippen molar-refractivity contribution >= 4 is 46.0 Å². The van der Waals surface area contributed by atoms with E-state index in [2.05, 4.69) is 15.5 Å². The van der Waals surface area contributed by atoms with E-state index in [1.165, 1.54) is 0 Å². The molecule has 35 heavy (non-hydrogen) atoms. The van der Waals surface area contributed by atoms with Gasteiger partial charge in [-0.1, -0.05) is 11.2 Å². The Hall–Kier alpha value is -3.86. The third-order valence-electron chi connectivity index (χ3n) is 6.07. The number of rotatable bonds is 6. The van der Waals surface area contributed by atoms with Crippen molar-refractivity contribution in [1.82, 2.24) is 20.4 Å². The van der Waals surface area contributed by atoms with E-state index < -0.39 is 5.91 Å². The van der Waals surface area contributed by atoms with E-state index in [-0.39, 0.29) is 31.0 Å². The molecule has 4 heterocycles. The van der Waals surface area contributed by atoms with Crippen molar-refractivity contribution in [3.05, 3.63) is 51.7 Å². The minimum absolute atomic E-state index is 0.0568. The molecule has 1 saturated heterocycles. The quantitative estimate of drug-likeness (QED) is 0.514. The van der Waals surface area contributed by atoms with Crippen molar-refractivity contribution in [1.29, 1.82) is 0 Å². The molecule has 0 unspecified atom stereocenters. The van der Waals surface area contributed by atoms with Crippen molar-refractivity contribution in [3.8, 4) is 11.5 Å². The largest absolute Gasteiger partial charge is 0.454 e. The summed E-state index contributed by atoms with van der Waals surface area (Å²) in [6.07, 6.45) is 3.71. The van der Waals surface area contributed by atoms with Crippen LogP contribution < -0.4 is 14.8 Å². The van der Waals surface area contributed by atoms with E-state index in [1.54, 1.807) is 37.3 Å². The number of nitrogens with zero attached hydrogens (tertiary/aromatic N) is 3. The van der Waals surface area contributed by atoms with Crippen LogP contribution in [0.25, 0.3) is 17.2 Å². The van der Waals surface area contributed by atoms with Crippen molar-refractivity contribution in [2.45, 2.75) is 25.7 Å². The summed E-state index contributed by atoms with van der Waals surface area (Å²) >= 11 is 0.867. The fourth-order valence-electron chi connectivity index (χ4n) is 4.10. The van der Waals surface area contributed by atoms with Crippen LogP contribution >= 0.6 is 11.8 Å². The highest BCUT2D eigenvalue weighted by molar-refractivity contribution is 8.18. The Labute approximate surface area is 203 Å². The molecule has 1 saturated carbocycles. The number of amides is 3. The number of hydrogen-bond acceptors (Lipinski definition) is 9. The van der Waals surface area contributed by atoms with Crippen LogP contribution in [-0.2, 0) is 4.79 Å². The maximum Gasteiger partial charge on any atom is 0.293 e. The number of ether oxygens (including phenoxy) is 2. The van der Waals surface area contributed by atoms with E-state index in [0.717, 1.165) is 40.8 Å². The Morgan fingerprint density at radius 1 is 1.23 bits per heavy atom. The number of carbonyl (C=O) groups is 3. The number of aryl methyl sites for hydroxylation is 1. The highest BCUT2D eigenvalue weighted by atomic mass is 32.2. The number of nitrogens with one attached hydrogen (secondary N) is 1. The normalized spacial score (nSPS) is 18.2. The van der Waals surface area contributed by atoms with Gasteiger partial charge in [-0.05, 0) is 61.4 Å². The average Bonchev–Trinajstić information content (AvgIpc) is 3.40. The SMILES string of the molecule is Cc1noc2nc(C3CC3)cc(C(=O)NCCN3C(=O)S/C(=C\c4ccc5c(c4)OCO5)C3=O)c12. The summed E-state index contributed by atoms with van der Waals surface area (Å²) in [5.41, 5.74) is 2.91. The molecule has 2 aromatic heterocycles. The van der Waals surface area contributed by atoms with Gasteiger partial charge in [0.25, 0.3) is 22.8 Å². The standard InChI is InChI=1S/C24H20N4O6S/c1-12-20-15(10-16(14-3-4-14)26-22(20)34-27-12)21(29)25-6-7-28-23(30)19(35-24(28)31)9-13-2-5-17-18(8-13)33-11-32-17/h2,5,8-10,14H,3-4,6-7,11H2,1H3,(H,25,29)/b19-9-. The molecule has 2 fully saturated rings. The second kappa shape index (κ2) is 8.42. The number of aromatic nitrogens is 2. The van der Waals surface area contributed by atoms with Gasteiger partial charge in [0.15, 0.2) is 11.5 Å². The summed E-state index contributed by atoms with van der Waals surface area (Å²) in [6, 6.07) is 7.10. The Bertz CT molecular complexity index is 1430. The molecule has 0 bridgehead atoms. The molecular formula is C24H20N4O6S. The summed E-state index contributed by atoms with van der Waals surface area (Å²) in [5, 5.41) is 6.95. The van der Waals surface area contributed by atoms with Gasteiger partial charge in [0.1, 0.15) is 0 Å². The number of imide groups is 1. The van der Waals surface area contributed by atoms with Gasteiger partial charge in [0.05, 0.1) is 21.5 Å². The Morgan fingerprint density at radius 3 is 2.89 bits per heavy atom. The van der Waals surface area contributed by atoms with E-state index in [9.17, 15) is 14.4 Å². The van der Waals surface area contributed by atoms with Crippen LogP contribution in [0.1, 0.15) is 46.1 Å². The molecule has 11 heteroatoms. The minimum Gasteiger partial charge on any atom is -0.454 e. The summed E-state index contributed by atoms with van der Waals surface area (Å²) in [6.45, 7) is 2.08. The Balaban J connectivity index is 1.13. The molecule has 178 valence electrons. The first-order valence-corrected chi connectivity index (χ1v) is 12.0. The topological polar surface area (TPSA) is 124 Å². The second-order valence-electron chi connectivity index (χ2n) is 8.52. The smallest absolute Gasteiger partial charge is 0.293 e. The first kappa shape index (κ1) is 21.7. The lowest BCUT2D eigenvalue weighted by Gasteiger charge is -2.13. The van der Waals surface area contributed by atoms with Gasteiger partial charge >= 0.3 is 0 Å². The molecule has 0 radical (unpaired) electrons. The maximum atomic E-state index is 13.0. The molecule has 1 aliphatic carbocycles. The molecule has 10 nitrogen and oxygen atoms in total. The summed E-state index contributed by atoms with van der Waals surface area (Å²) in [7, 11) is 0. The summed E-state index contributed by atoms with van der Waals surface area (Å²) < 4.78 is 16.0. The molecule has 0 atom stereocenters. The number of benzene rings is 1. The van der Waals surface area contributed by atoms with Gasteiger partial charge in [0, 0.05) is 24.7 Å². The number of hydrogen-bond donors (Lipinski definition) is 1.